The summed E-state index contributed by atoms with van der Waals surface area (Å²) in [5.74, 6) is -0.826. The quantitative estimate of drug-likeness (QED) is 0.773. The highest BCUT2D eigenvalue weighted by Gasteiger charge is 2.30. The summed E-state index contributed by atoms with van der Waals surface area (Å²) >= 11 is 5.00. The summed E-state index contributed by atoms with van der Waals surface area (Å²) < 4.78 is 0.997. The van der Waals surface area contributed by atoms with Gasteiger partial charge in [-0.3, -0.25) is 9.59 Å². The van der Waals surface area contributed by atoms with Gasteiger partial charge >= 0.3 is 11.8 Å². The number of hydrogen-bond donors (Lipinski definition) is 0. The van der Waals surface area contributed by atoms with Crippen molar-refractivity contribution in [2.75, 3.05) is 20.1 Å². The van der Waals surface area contributed by atoms with E-state index in [1.807, 2.05) is 11.4 Å². The van der Waals surface area contributed by atoms with Crippen LogP contribution in [0.2, 0.25) is 0 Å². The number of rotatable bonds is 2. The largest absolute Gasteiger partial charge is 0.336 e. The molecule has 0 saturated carbocycles. The molecule has 1 fully saturated rings. The number of nitrogens with zero attached hydrogens (tertiary/aromatic N) is 2. The van der Waals surface area contributed by atoms with Gasteiger partial charge in [-0.05, 0) is 27.4 Å². The molecule has 0 radical (unpaired) electrons. The summed E-state index contributed by atoms with van der Waals surface area (Å²) in [6.45, 7) is 1.72. The van der Waals surface area contributed by atoms with E-state index in [1.165, 1.54) is 4.90 Å². The molecule has 0 aliphatic carbocycles. The highest BCUT2D eigenvalue weighted by molar-refractivity contribution is 9.10. The minimum absolute atomic E-state index is 0.408. The van der Waals surface area contributed by atoms with Gasteiger partial charge in [-0.15, -0.1) is 11.3 Å². The zero-order chi connectivity index (χ0) is 11.7. The third-order valence-corrected chi connectivity index (χ3v) is 4.46. The Morgan fingerprint density at radius 2 is 2.12 bits per heavy atom. The molecule has 1 aliphatic heterocycles. The topological polar surface area (TPSA) is 40.6 Å². The molecule has 1 aromatic rings. The maximum Gasteiger partial charge on any atom is 0.312 e. The molecule has 0 N–H and O–H groups in total. The molecule has 1 aromatic heterocycles. The number of likely N-dealkylation sites (N-methyl/N-ethyl adjacent to an activating group) is 1. The van der Waals surface area contributed by atoms with E-state index in [-0.39, 0.29) is 0 Å². The first-order valence-electron chi connectivity index (χ1n) is 4.86. The lowest BCUT2D eigenvalue weighted by Crippen LogP contribution is -2.52. The van der Waals surface area contributed by atoms with E-state index in [9.17, 15) is 9.59 Å². The van der Waals surface area contributed by atoms with E-state index >= 15 is 0 Å². The van der Waals surface area contributed by atoms with Crippen LogP contribution < -0.4 is 0 Å². The molecule has 86 valence electrons. The summed E-state index contributed by atoms with van der Waals surface area (Å²) in [5.41, 5.74) is 0. The second-order valence-electron chi connectivity index (χ2n) is 3.65. The predicted molar refractivity (Wildman–Crippen MR) is 65.1 cm³/mol. The number of halogens is 1. The minimum atomic E-state index is -0.418. The average Bonchev–Trinajstić information content (AvgIpc) is 2.65. The van der Waals surface area contributed by atoms with Crippen LogP contribution >= 0.6 is 27.3 Å². The van der Waals surface area contributed by atoms with Crippen LogP contribution in [-0.4, -0.2) is 41.8 Å². The number of hydrogen-bond acceptors (Lipinski definition) is 3. The SMILES string of the molecule is CN1CCN(Cc2sccc2Br)C(=O)C1=O. The number of amides is 2. The van der Waals surface area contributed by atoms with E-state index in [0.717, 1.165) is 9.35 Å². The summed E-state index contributed by atoms with van der Waals surface area (Å²) in [6, 6.07) is 1.95. The van der Waals surface area contributed by atoms with E-state index in [0.29, 0.717) is 19.6 Å². The Morgan fingerprint density at radius 1 is 1.38 bits per heavy atom. The fourth-order valence-electron chi connectivity index (χ4n) is 1.53. The van der Waals surface area contributed by atoms with Gasteiger partial charge in [-0.25, -0.2) is 0 Å². The van der Waals surface area contributed by atoms with Gasteiger partial charge in [0.1, 0.15) is 0 Å². The molecule has 2 heterocycles. The first kappa shape index (κ1) is 11.6. The monoisotopic (exact) mass is 302 g/mol. The van der Waals surface area contributed by atoms with Gasteiger partial charge in [0.05, 0.1) is 6.54 Å². The van der Waals surface area contributed by atoms with Gasteiger partial charge in [0.15, 0.2) is 0 Å². The molecule has 1 aliphatic rings. The van der Waals surface area contributed by atoms with Crippen LogP contribution in [0.5, 0.6) is 0 Å². The predicted octanol–water partition coefficient (Wildman–Crippen LogP) is 1.31. The first-order valence-corrected chi connectivity index (χ1v) is 6.53. The standard InChI is InChI=1S/C10H11BrN2O2S/c1-12-3-4-13(10(15)9(12)14)6-8-7(11)2-5-16-8/h2,5H,3-4,6H2,1H3. The van der Waals surface area contributed by atoms with Crippen molar-refractivity contribution in [3.63, 3.8) is 0 Å². The molecule has 2 amide bonds. The zero-order valence-corrected chi connectivity index (χ0v) is 11.2. The van der Waals surface area contributed by atoms with E-state index in [1.54, 1.807) is 23.3 Å². The summed E-state index contributed by atoms with van der Waals surface area (Å²) in [5, 5.41) is 1.96. The molecule has 2 rings (SSSR count). The highest BCUT2D eigenvalue weighted by atomic mass is 79.9. The molecular formula is C10H11BrN2O2S. The Kier molecular flexibility index (Phi) is 3.30. The Balaban J connectivity index is 2.09. The lowest BCUT2D eigenvalue weighted by Gasteiger charge is -2.31. The molecule has 4 nitrogen and oxygen atoms in total. The van der Waals surface area contributed by atoms with Crippen LogP contribution in [0.3, 0.4) is 0 Å². The average molecular weight is 303 g/mol. The van der Waals surface area contributed by atoms with Gasteiger partial charge < -0.3 is 9.80 Å². The lowest BCUT2D eigenvalue weighted by atomic mass is 10.3. The molecule has 0 atom stereocenters. The summed E-state index contributed by atoms with van der Waals surface area (Å²) in [6.07, 6.45) is 0. The molecule has 16 heavy (non-hydrogen) atoms. The van der Waals surface area contributed by atoms with Gasteiger partial charge in [0, 0.05) is 29.5 Å². The maximum atomic E-state index is 11.7. The second-order valence-corrected chi connectivity index (χ2v) is 5.50. The lowest BCUT2D eigenvalue weighted by molar-refractivity contribution is -0.155. The Hall–Kier alpha value is -0.880. The molecule has 0 bridgehead atoms. The van der Waals surface area contributed by atoms with Crippen molar-refractivity contribution in [2.24, 2.45) is 0 Å². The fourth-order valence-corrected chi connectivity index (χ4v) is 3.03. The van der Waals surface area contributed by atoms with Gasteiger partial charge in [-0.2, -0.15) is 0 Å². The third-order valence-electron chi connectivity index (χ3n) is 2.55. The molecular weight excluding hydrogens is 292 g/mol. The van der Waals surface area contributed by atoms with Crippen molar-refractivity contribution in [1.29, 1.82) is 0 Å². The number of thiophene rings is 1. The second kappa shape index (κ2) is 4.55. The van der Waals surface area contributed by atoms with Crippen molar-refractivity contribution in [3.8, 4) is 0 Å². The summed E-state index contributed by atoms with van der Waals surface area (Å²) in [7, 11) is 1.65. The Bertz CT molecular complexity index is 432. The van der Waals surface area contributed by atoms with Crippen LogP contribution in [0.25, 0.3) is 0 Å². The maximum absolute atomic E-state index is 11.7. The number of carbonyl (C=O) groups is 2. The van der Waals surface area contributed by atoms with Crippen molar-refractivity contribution in [1.82, 2.24) is 9.80 Å². The van der Waals surface area contributed by atoms with E-state index in [2.05, 4.69) is 15.9 Å². The first-order chi connectivity index (χ1) is 7.59. The smallest absolute Gasteiger partial charge is 0.312 e. The Morgan fingerprint density at radius 3 is 2.75 bits per heavy atom. The molecule has 6 heteroatoms. The van der Waals surface area contributed by atoms with Crippen molar-refractivity contribution >= 4 is 39.1 Å². The third kappa shape index (κ3) is 2.12. The molecule has 0 unspecified atom stereocenters. The number of carbonyl (C=O) groups excluding carboxylic acids is 2. The summed E-state index contributed by atoms with van der Waals surface area (Å²) in [4.78, 5) is 27.3. The van der Waals surface area contributed by atoms with Crippen molar-refractivity contribution < 1.29 is 9.59 Å². The molecule has 0 spiro atoms. The number of piperazine rings is 1. The normalized spacial score (nSPS) is 17.1. The zero-order valence-electron chi connectivity index (χ0n) is 8.77. The van der Waals surface area contributed by atoms with Crippen LogP contribution in [0.1, 0.15) is 4.88 Å². The van der Waals surface area contributed by atoms with Crippen LogP contribution in [-0.2, 0) is 16.1 Å². The van der Waals surface area contributed by atoms with Crippen molar-refractivity contribution in [3.05, 3.63) is 20.8 Å². The molecule has 0 aromatic carbocycles. The van der Waals surface area contributed by atoms with Crippen LogP contribution in [0, 0.1) is 0 Å². The van der Waals surface area contributed by atoms with Gasteiger partial charge in [-0.1, -0.05) is 0 Å². The van der Waals surface area contributed by atoms with E-state index < -0.39 is 11.8 Å². The van der Waals surface area contributed by atoms with Crippen molar-refractivity contribution in [2.45, 2.75) is 6.54 Å². The van der Waals surface area contributed by atoms with Crippen LogP contribution in [0.4, 0.5) is 0 Å². The fraction of sp³-hybridized carbons (Fsp3) is 0.400. The highest BCUT2D eigenvalue weighted by Crippen LogP contribution is 2.24. The van der Waals surface area contributed by atoms with Gasteiger partial charge in [0.2, 0.25) is 0 Å². The van der Waals surface area contributed by atoms with E-state index in [4.69, 9.17) is 0 Å². The minimum Gasteiger partial charge on any atom is -0.336 e. The Labute approximate surface area is 106 Å². The molecule has 1 saturated heterocycles. The van der Waals surface area contributed by atoms with Crippen LogP contribution in [0.15, 0.2) is 15.9 Å². The van der Waals surface area contributed by atoms with Gasteiger partial charge in [0.25, 0.3) is 0 Å².